The van der Waals surface area contributed by atoms with Crippen molar-refractivity contribution < 1.29 is 9.21 Å². The zero-order chi connectivity index (χ0) is 14.1. The maximum absolute atomic E-state index is 12.8. The van der Waals surface area contributed by atoms with Crippen molar-refractivity contribution in [1.29, 1.82) is 0 Å². The Morgan fingerprint density at radius 2 is 2.10 bits per heavy atom. The summed E-state index contributed by atoms with van der Waals surface area (Å²) in [5, 5.41) is 0. The van der Waals surface area contributed by atoms with Crippen LogP contribution in [0, 0.1) is 5.92 Å². The third-order valence-electron chi connectivity index (χ3n) is 4.05. The van der Waals surface area contributed by atoms with Crippen LogP contribution in [0.25, 0.3) is 0 Å². The highest BCUT2D eigenvalue weighted by Crippen LogP contribution is 2.34. The van der Waals surface area contributed by atoms with Crippen molar-refractivity contribution in [1.82, 2.24) is 0 Å². The van der Waals surface area contributed by atoms with Gasteiger partial charge < -0.3 is 9.32 Å². The first-order chi connectivity index (χ1) is 9.68. The molecular formula is C17H19NO2. The number of nitrogens with zero attached hydrogens (tertiary/aromatic N) is 1. The Bertz CT molecular complexity index is 601. The quantitative estimate of drug-likeness (QED) is 0.828. The maximum atomic E-state index is 12.8. The van der Waals surface area contributed by atoms with Crippen molar-refractivity contribution in [3.05, 3.63) is 54.0 Å². The number of carbonyl (C=O) groups excluding carboxylic acids is 1. The topological polar surface area (TPSA) is 33.5 Å². The summed E-state index contributed by atoms with van der Waals surface area (Å²) >= 11 is 0. The number of amides is 1. The lowest BCUT2D eigenvalue weighted by molar-refractivity contribution is 0.0964. The number of hydrogen-bond acceptors (Lipinski definition) is 2. The van der Waals surface area contributed by atoms with E-state index in [1.165, 1.54) is 11.8 Å². The van der Waals surface area contributed by atoms with Crippen LogP contribution in [0.5, 0.6) is 0 Å². The lowest BCUT2D eigenvalue weighted by atomic mass is 9.89. The van der Waals surface area contributed by atoms with Crippen LogP contribution < -0.4 is 4.90 Å². The van der Waals surface area contributed by atoms with Gasteiger partial charge in [0.2, 0.25) is 0 Å². The first kappa shape index (κ1) is 13.0. The summed E-state index contributed by atoms with van der Waals surface area (Å²) in [4.78, 5) is 14.8. The molecular weight excluding hydrogens is 250 g/mol. The number of hydrogen-bond donors (Lipinski definition) is 0. The van der Waals surface area contributed by atoms with Gasteiger partial charge in [-0.05, 0) is 36.5 Å². The van der Waals surface area contributed by atoms with Crippen molar-refractivity contribution in [2.45, 2.75) is 32.7 Å². The highest BCUT2D eigenvalue weighted by molar-refractivity contribution is 6.07. The van der Waals surface area contributed by atoms with Crippen LogP contribution in [-0.2, 0) is 6.42 Å². The van der Waals surface area contributed by atoms with Gasteiger partial charge in [-0.3, -0.25) is 4.79 Å². The summed E-state index contributed by atoms with van der Waals surface area (Å²) in [5.74, 6) is 0.462. The fraction of sp³-hybridized carbons (Fsp3) is 0.353. The minimum Gasteiger partial charge on any atom is -0.472 e. The smallest absolute Gasteiger partial charge is 0.261 e. The number of furan rings is 1. The summed E-state index contributed by atoms with van der Waals surface area (Å²) in [6, 6.07) is 10.2. The van der Waals surface area contributed by atoms with E-state index in [1.54, 1.807) is 12.3 Å². The molecule has 2 heterocycles. The standard InChI is InChI=1S/C17H19NO2/c1-12(2)15-8-7-13-5-3-4-6-16(13)18(15)17(19)14-9-10-20-11-14/h3-6,9-12,15H,7-8H2,1-2H3/t15-/m0/s1. The monoisotopic (exact) mass is 269 g/mol. The van der Waals surface area contributed by atoms with Gasteiger partial charge >= 0.3 is 0 Å². The lowest BCUT2D eigenvalue weighted by Crippen LogP contribution is -2.46. The van der Waals surface area contributed by atoms with Crippen LogP contribution in [0.3, 0.4) is 0 Å². The summed E-state index contributed by atoms with van der Waals surface area (Å²) in [7, 11) is 0. The van der Waals surface area contributed by atoms with Crippen LogP contribution in [0.15, 0.2) is 47.3 Å². The van der Waals surface area contributed by atoms with Crippen LogP contribution in [0.4, 0.5) is 5.69 Å². The second-order valence-electron chi connectivity index (χ2n) is 5.67. The minimum atomic E-state index is 0.0320. The molecule has 0 saturated carbocycles. The summed E-state index contributed by atoms with van der Waals surface area (Å²) < 4.78 is 5.06. The van der Waals surface area contributed by atoms with Gasteiger partial charge in [-0.25, -0.2) is 0 Å². The molecule has 0 radical (unpaired) electrons. The molecule has 0 unspecified atom stereocenters. The second-order valence-corrected chi connectivity index (χ2v) is 5.67. The van der Waals surface area contributed by atoms with E-state index in [4.69, 9.17) is 4.42 Å². The van der Waals surface area contributed by atoms with E-state index in [1.807, 2.05) is 23.1 Å². The van der Waals surface area contributed by atoms with E-state index in [2.05, 4.69) is 19.9 Å². The molecule has 0 aliphatic carbocycles. The van der Waals surface area contributed by atoms with Gasteiger partial charge in [0, 0.05) is 11.7 Å². The minimum absolute atomic E-state index is 0.0320. The summed E-state index contributed by atoms with van der Waals surface area (Å²) in [6.45, 7) is 4.35. The Morgan fingerprint density at radius 3 is 2.80 bits per heavy atom. The Kier molecular flexibility index (Phi) is 3.35. The number of rotatable bonds is 2. The molecule has 1 amide bonds. The fourth-order valence-corrected chi connectivity index (χ4v) is 2.99. The number of carbonyl (C=O) groups is 1. The van der Waals surface area contributed by atoms with Gasteiger partial charge in [0.1, 0.15) is 6.26 Å². The molecule has 3 heteroatoms. The van der Waals surface area contributed by atoms with Gasteiger partial charge in [-0.1, -0.05) is 32.0 Å². The van der Waals surface area contributed by atoms with Gasteiger partial charge in [-0.2, -0.15) is 0 Å². The second kappa shape index (κ2) is 5.16. The normalized spacial score (nSPS) is 18.1. The van der Waals surface area contributed by atoms with E-state index in [-0.39, 0.29) is 11.9 Å². The fourth-order valence-electron chi connectivity index (χ4n) is 2.99. The molecule has 0 fully saturated rings. The molecule has 1 aliphatic heterocycles. The molecule has 104 valence electrons. The third kappa shape index (κ3) is 2.13. The van der Waals surface area contributed by atoms with Crippen molar-refractivity contribution in [2.24, 2.45) is 5.92 Å². The molecule has 0 N–H and O–H groups in total. The van der Waals surface area contributed by atoms with E-state index in [9.17, 15) is 4.79 Å². The Hall–Kier alpha value is -2.03. The molecule has 1 atom stereocenters. The van der Waals surface area contributed by atoms with E-state index in [0.717, 1.165) is 18.5 Å². The first-order valence-electron chi connectivity index (χ1n) is 7.12. The van der Waals surface area contributed by atoms with Crippen LogP contribution in [0.2, 0.25) is 0 Å². The highest BCUT2D eigenvalue weighted by Gasteiger charge is 2.33. The summed E-state index contributed by atoms with van der Waals surface area (Å²) in [6.07, 6.45) is 5.12. The third-order valence-corrected chi connectivity index (χ3v) is 4.05. The first-order valence-corrected chi connectivity index (χ1v) is 7.12. The number of anilines is 1. The molecule has 1 aliphatic rings. The van der Waals surface area contributed by atoms with E-state index < -0.39 is 0 Å². The highest BCUT2D eigenvalue weighted by atomic mass is 16.3. The van der Waals surface area contributed by atoms with Gasteiger partial charge in [0.05, 0.1) is 11.8 Å². The molecule has 0 bridgehead atoms. The van der Waals surface area contributed by atoms with Crippen LogP contribution in [0.1, 0.15) is 36.2 Å². The van der Waals surface area contributed by atoms with Crippen molar-refractivity contribution in [3.63, 3.8) is 0 Å². The molecule has 1 aromatic carbocycles. The van der Waals surface area contributed by atoms with Gasteiger partial charge in [0.25, 0.3) is 5.91 Å². The average molecular weight is 269 g/mol. The molecule has 20 heavy (non-hydrogen) atoms. The Morgan fingerprint density at radius 1 is 1.30 bits per heavy atom. The predicted octanol–water partition coefficient (Wildman–Crippen LogP) is 3.90. The number of aryl methyl sites for hydroxylation is 1. The SMILES string of the molecule is CC(C)[C@@H]1CCc2ccccc2N1C(=O)c1ccoc1. The molecule has 3 nitrogen and oxygen atoms in total. The average Bonchev–Trinajstić information content (AvgIpc) is 2.99. The molecule has 3 rings (SSSR count). The van der Waals surface area contributed by atoms with Crippen LogP contribution in [-0.4, -0.2) is 11.9 Å². The lowest BCUT2D eigenvalue weighted by Gasteiger charge is -2.39. The van der Waals surface area contributed by atoms with Gasteiger partial charge in [-0.15, -0.1) is 0 Å². The Balaban J connectivity index is 2.05. The zero-order valence-corrected chi connectivity index (χ0v) is 11.9. The number of benzene rings is 1. The molecule has 0 spiro atoms. The van der Waals surface area contributed by atoms with Crippen molar-refractivity contribution in [2.75, 3.05) is 4.90 Å². The van der Waals surface area contributed by atoms with E-state index in [0.29, 0.717) is 11.5 Å². The Labute approximate surface area is 119 Å². The molecule has 0 saturated heterocycles. The molecule has 1 aromatic heterocycles. The maximum Gasteiger partial charge on any atom is 0.261 e. The van der Waals surface area contributed by atoms with Crippen molar-refractivity contribution in [3.8, 4) is 0 Å². The van der Waals surface area contributed by atoms with Crippen molar-refractivity contribution >= 4 is 11.6 Å². The predicted molar refractivity (Wildman–Crippen MR) is 78.9 cm³/mol. The zero-order valence-electron chi connectivity index (χ0n) is 11.9. The van der Waals surface area contributed by atoms with Gasteiger partial charge in [0.15, 0.2) is 0 Å². The summed E-state index contributed by atoms with van der Waals surface area (Å²) in [5.41, 5.74) is 2.91. The molecule has 2 aromatic rings. The largest absolute Gasteiger partial charge is 0.472 e. The number of fused-ring (bicyclic) bond motifs is 1. The van der Waals surface area contributed by atoms with Crippen LogP contribution >= 0.6 is 0 Å². The van der Waals surface area contributed by atoms with E-state index >= 15 is 0 Å². The number of para-hydroxylation sites is 1.